The van der Waals surface area contributed by atoms with Crippen molar-refractivity contribution in [1.29, 1.82) is 0 Å². The van der Waals surface area contributed by atoms with Gasteiger partial charge in [0.15, 0.2) is 0 Å². The molecular weight excluding hydrogens is 302 g/mol. The molecular formula is C13H17BrClNO. The van der Waals surface area contributed by atoms with Crippen LogP contribution in [-0.4, -0.2) is 25.8 Å². The molecule has 0 aromatic heterocycles. The smallest absolute Gasteiger partial charge is 0.0748 e. The Hall–Kier alpha value is -0.250. The number of hydrogen-bond acceptors (Lipinski definition) is 2. The molecule has 94 valence electrons. The first-order valence-corrected chi connectivity index (χ1v) is 7.46. The van der Waals surface area contributed by atoms with Crippen molar-refractivity contribution in [2.75, 3.05) is 24.6 Å². The number of benzene rings is 1. The van der Waals surface area contributed by atoms with E-state index in [0.717, 1.165) is 42.2 Å². The second-order valence-corrected chi connectivity index (χ2v) is 5.20. The predicted molar refractivity (Wildman–Crippen MR) is 76.3 cm³/mol. The average Bonchev–Trinajstić information content (AvgIpc) is 2.38. The minimum Gasteiger partial charge on any atom is -0.375 e. The van der Waals surface area contributed by atoms with Gasteiger partial charge in [0, 0.05) is 18.4 Å². The second-order valence-electron chi connectivity index (χ2n) is 4.23. The summed E-state index contributed by atoms with van der Waals surface area (Å²) in [5.41, 5.74) is 2.40. The van der Waals surface area contributed by atoms with Crippen LogP contribution in [0, 0.1) is 0 Å². The lowest BCUT2D eigenvalue weighted by Gasteiger charge is -2.35. The van der Waals surface area contributed by atoms with Crippen LogP contribution in [0.2, 0.25) is 5.02 Å². The molecule has 1 aromatic rings. The van der Waals surface area contributed by atoms with Gasteiger partial charge in [-0.2, -0.15) is 0 Å². The lowest BCUT2D eigenvalue weighted by atomic mass is 10.1. The monoisotopic (exact) mass is 317 g/mol. The maximum Gasteiger partial charge on any atom is 0.0748 e. The van der Waals surface area contributed by atoms with E-state index in [1.807, 2.05) is 12.1 Å². The summed E-state index contributed by atoms with van der Waals surface area (Å²) in [6, 6.07) is 6.08. The van der Waals surface area contributed by atoms with Crippen LogP contribution in [0.4, 0.5) is 5.69 Å². The summed E-state index contributed by atoms with van der Waals surface area (Å²) < 4.78 is 5.70. The van der Waals surface area contributed by atoms with Crippen LogP contribution in [0.3, 0.4) is 0 Å². The van der Waals surface area contributed by atoms with Gasteiger partial charge in [0.1, 0.15) is 0 Å². The van der Waals surface area contributed by atoms with Crippen molar-refractivity contribution >= 4 is 33.2 Å². The van der Waals surface area contributed by atoms with Gasteiger partial charge in [-0.1, -0.05) is 46.6 Å². The van der Waals surface area contributed by atoms with Crippen LogP contribution in [0.1, 0.15) is 18.9 Å². The normalized spacial score (nSPS) is 20.6. The minimum atomic E-state index is 0.322. The van der Waals surface area contributed by atoms with Crippen molar-refractivity contribution in [3.8, 4) is 0 Å². The Morgan fingerprint density at radius 1 is 1.53 bits per heavy atom. The van der Waals surface area contributed by atoms with E-state index in [1.165, 1.54) is 5.56 Å². The summed E-state index contributed by atoms with van der Waals surface area (Å²) in [5.74, 6) is 0. The molecule has 0 N–H and O–H groups in total. The summed E-state index contributed by atoms with van der Waals surface area (Å²) in [4.78, 5) is 2.34. The fourth-order valence-corrected chi connectivity index (χ4v) is 2.96. The highest BCUT2D eigenvalue weighted by molar-refractivity contribution is 9.08. The summed E-state index contributed by atoms with van der Waals surface area (Å²) in [6.07, 6.45) is 1.37. The van der Waals surface area contributed by atoms with Crippen LogP contribution >= 0.6 is 27.5 Å². The number of hydrogen-bond donors (Lipinski definition) is 0. The minimum absolute atomic E-state index is 0.322. The van der Waals surface area contributed by atoms with Crippen LogP contribution in [0.15, 0.2) is 18.2 Å². The molecule has 1 heterocycles. The molecule has 1 aliphatic heterocycles. The van der Waals surface area contributed by atoms with E-state index in [0.29, 0.717) is 6.10 Å². The Kier molecular flexibility index (Phi) is 4.71. The van der Waals surface area contributed by atoms with Gasteiger partial charge >= 0.3 is 0 Å². The second kappa shape index (κ2) is 6.07. The Bertz CT molecular complexity index is 386. The zero-order valence-electron chi connectivity index (χ0n) is 9.96. The van der Waals surface area contributed by atoms with Gasteiger partial charge in [-0.05, 0) is 18.1 Å². The molecule has 0 radical (unpaired) electrons. The van der Waals surface area contributed by atoms with Gasteiger partial charge in [0.25, 0.3) is 0 Å². The molecule has 1 aromatic carbocycles. The van der Waals surface area contributed by atoms with Gasteiger partial charge in [0.2, 0.25) is 0 Å². The van der Waals surface area contributed by atoms with Crippen LogP contribution in [0.25, 0.3) is 0 Å². The molecule has 0 bridgehead atoms. The highest BCUT2D eigenvalue weighted by atomic mass is 79.9. The van der Waals surface area contributed by atoms with E-state index in [2.05, 4.69) is 33.8 Å². The zero-order chi connectivity index (χ0) is 12.3. The molecule has 0 amide bonds. The molecule has 0 spiro atoms. The van der Waals surface area contributed by atoms with Crippen LogP contribution in [-0.2, 0) is 10.1 Å². The van der Waals surface area contributed by atoms with E-state index < -0.39 is 0 Å². The maximum absolute atomic E-state index is 6.33. The van der Waals surface area contributed by atoms with E-state index in [-0.39, 0.29) is 0 Å². The largest absolute Gasteiger partial charge is 0.375 e. The highest BCUT2D eigenvalue weighted by Crippen LogP contribution is 2.32. The lowest BCUT2D eigenvalue weighted by Crippen LogP contribution is -2.42. The average molecular weight is 319 g/mol. The first kappa shape index (κ1) is 13.2. The lowest BCUT2D eigenvalue weighted by molar-refractivity contribution is 0.0384. The standard InChI is InChI=1S/C13H17BrClNO/c1-2-11-9-16(6-7-17-11)13-10(8-14)4-3-5-12(13)15/h3-5,11H,2,6-9H2,1H3. The van der Waals surface area contributed by atoms with Crippen molar-refractivity contribution in [3.63, 3.8) is 0 Å². The third-order valence-corrected chi connectivity index (χ3v) is 4.03. The first-order valence-electron chi connectivity index (χ1n) is 5.96. The molecule has 0 saturated carbocycles. The maximum atomic E-state index is 6.33. The first-order chi connectivity index (χ1) is 8.26. The summed E-state index contributed by atoms with van der Waals surface area (Å²) in [6.45, 7) is 4.79. The van der Waals surface area contributed by atoms with Gasteiger partial charge in [-0.3, -0.25) is 0 Å². The SMILES string of the molecule is CCC1CN(c2c(Cl)cccc2CBr)CCO1. The number of ether oxygens (including phenoxy) is 1. The van der Waals surface area contributed by atoms with E-state index >= 15 is 0 Å². The van der Waals surface area contributed by atoms with Gasteiger partial charge in [-0.15, -0.1) is 0 Å². The highest BCUT2D eigenvalue weighted by Gasteiger charge is 2.22. The molecule has 1 aliphatic rings. The zero-order valence-corrected chi connectivity index (χ0v) is 12.3. The van der Waals surface area contributed by atoms with Crippen molar-refractivity contribution in [2.45, 2.75) is 24.8 Å². The molecule has 2 rings (SSSR count). The molecule has 1 atom stereocenters. The molecule has 1 fully saturated rings. The van der Waals surface area contributed by atoms with Crippen molar-refractivity contribution in [3.05, 3.63) is 28.8 Å². The van der Waals surface area contributed by atoms with Gasteiger partial charge < -0.3 is 9.64 Å². The number of morpholine rings is 1. The van der Waals surface area contributed by atoms with Crippen molar-refractivity contribution in [2.24, 2.45) is 0 Å². The third kappa shape index (κ3) is 2.95. The fraction of sp³-hybridized carbons (Fsp3) is 0.538. The van der Waals surface area contributed by atoms with Crippen molar-refractivity contribution < 1.29 is 4.74 Å². The Labute approximate surface area is 116 Å². The molecule has 1 saturated heterocycles. The summed E-state index contributed by atoms with van der Waals surface area (Å²) in [5, 5.41) is 1.66. The number of rotatable bonds is 3. The van der Waals surface area contributed by atoms with E-state index in [1.54, 1.807) is 0 Å². The fourth-order valence-electron chi connectivity index (χ4n) is 2.19. The Morgan fingerprint density at radius 2 is 2.35 bits per heavy atom. The van der Waals surface area contributed by atoms with Crippen LogP contribution < -0.4 is 4.90 Å². The molecule has 17 heavy (non-hydrogen) atoms. The van der Waals surface area contributed by atoms with Crippen molar-refractivity contribution in [1.82, 2.24) is 0 Å². The summed E-state index contributed by atoms with van der Waals surface area (Å²) >= 11 is 9.85. The molecule has 2 nitrogen and oxygen atoms in total. The molecule has 4 heteroatoms. The van der Waals surface area contributed by atoms with Gasteiger partial charge in [0.05, 0.1) is 23.4 Å². The number of anilines is 1. The molecule has 1 unspecified atom stereocenters. The number of alkyl halides is 1. The topological polar surface area (TPSA) is 12.5 Å². The Balaban J connectivity index is 2.26. The third-order valence-electron chi connectivity index (χ3n) is 3.12. The number of para-hydroxylation sites is 1. The van der Waals surface area contributed by atoms with Crippen LogP contribution in [0.5, 0.6) is 0 Å². The Morgan fingerprint density at radius 3 is 3.06 bits per heavy atom. The van der Waals surface area contributed by atoms with E-state index in [9.17, 15) is 0 Å². The predicted octanol–water partition coefficient (Wildman–Crippen LogP) is 3.85. The summed E-state index contributed by atoms with van der Waals surface area (Å²) in [7, 11) is 0. The van der Waals surface area contributed by atoms with Gasteiger partial charge in [-0.25, -0.2) is 0 Å². The number of nitrogens with zero attached hydrogens (tertiary/aromatic N) is 1. The van der Waals surface area contributed by atoms with E-state index in [4.69, 9.17) is 16.3 Å². The molecule has 0 aliphatic carbocycles. The number of halogens is 2. The quantitative estimate of drug-likeness (QED) is 0.785.